The predicted molar refractivity (Wildman–Crippen MR) is 72.4 cm³/mol. The quantitative estimate of drug-likeness (QED) is 0.860. The van der Waals surface area contributed by atoms with Crippen LogP contribution < -0.4 is 0 Å². The van der Waals surface area contributed by atoms with Crippen molar-refractivity contribution in [1.29, 1.82) is 5.26 Å². The van der Waals surface area contributed by atoms with Gasteiger partial charge in [-0.3, -0.25) is 4.21 Å². The van der Waals surface area contributed by atoms with Crippen LogP contribution in [0.1, 0.15) is 16.7 Å². The monoisotopic (exact) mass is 273 g/mol. The first-order chi connectivity index (χ1) is 9.13. The van der Waals surface area contributed by atoms with E-state index in [0.717, 1.165) is 5.56 Å². The topological polar surface area (TPSA) is 40.9 Å². The Morgan fingerprint density at radius 3 is 2.63 bits per heavy atom. The highest BCUT2D eigenvalue weighted by atomic mass is 32.2. The highest BCUT2D eigenvalue weighted by molar-refractivity contribution is 7.84. The first kappa shape index (κ1) is 13.4. The first-order valence-corrected chi connectivity index (χ1v) is 7.07. The standard InChI is InChI=1S/C15H12FNOS/c1-11-5-2-3-8-14(11)19(18)10-13-7-4-6-12(9-17)15(13)16/h2-8H,10H2,1H3. The van der Waals surface area contributed by atoms with Crippen LogP contribution in [0.25, 0.3) is 0 Å². The molecule has 0 saturated heterocycles. The third-order valence-electron chi connectivity index (χ3n) is 2.82. The van der Waals surface area contributed by atoms with Crippen LogP contribution in [0.2, 0.25) is 0 Å². The largest absolute Gasteiger partial charge is 0.254 e. The third-order valence-corrected chi connectivity index (χ3v) is 4.35. The maximum absolute atomic E-state index is 13.9. The van der Waals surface area contributed by atoms with Gasteiger partial charge in [0.1, 0.15) is 11.9 Å². The first-order valence-electron chi connectivity index (χ1n) is 5.75. The Morgan fingerprint density at radius 2 is 1.95 bits per heavy atom. The minimum Gasteiger partial charge on any atom is -0.254 e. The zero-order valence-electron chi connectivity index (χ0n) is 10.4. The van der Waals surface area contributed by atoms with Crippen LogP contribution in [0.5, 0.6) is 0 Å². The summed E-state index contributed by atoms with van der Waals surface area (Å²) in [5, 5.41) is 8.77. The van der Waals surface area contributed by atoms with Gasteiger partial charge in [0, 0.05) is 10.5 Å². The second-order valence-corrected chi connectivity index (χ2v) is 5.57. The summed E-state index contributed by atoms with van der Waals surface area (Å²) in [6.07, 6.45) is 0. The number of halogens is 1. The Balaban J connectivity index is 2.31. The van der Waals surface area contributed by atoms with Gasteiger partial charge in [-0.25, -0.2) is 4.39 Å². The summed E-state index contributed by atoms with van der Waals surface area (Å²) in [5.41, 5.74) is 1.21. The van der Waals surface area contributed by atoms with Gasteiger partial charge in [0.25, 0.3) is 0 Å². The molecule has 1 atom stereocenters. The van der Waals surface area contributed by atoms with Gasteiger partial charge >= 0.3 is 0 Å². The van der Waals surface area contributed by atoms with Gasteiger partial charge in [-0.05, 0) is 24.6 Å². The fraction of sp³-hybridized carbons (Fsp3) is 0.133. The molecule has 0 fully saturated rings. The van der Waals surface area contributed by atoms with E-state index in [9.17, 15) is 8.60 Å². The summed E-state index contributed by atoms with van der Waals surface area (Å²) in [5.74, 6) is -0.501. The summed E-state index contributed by atoms with van der Waals surface area (Å²) in [6.45, 7) is 1.87. The molecule has 2 aromatic carbocycles. The fourth-order valence-corrected chi connectivity index (χ4v) is 3.13. The van der Waals surface area contributed by atoms with Gasteiger partial charge < -0.3 is 0 Å². The van der Waals surface area contributed by atoms with E-state index in [1.54, 1.807) is 24.3 Å². The lowest BCUT2D eigenvalue weighted by Gasteiger charge is -2.07. The van der Waals surface area contributed by atoms with Crippen LogP contribution >= 0.6 is 0 Å². The molecule has 2 aromatic rings. The summed E-state index contributed by atoms with van der Waals surface area (Å²) in [7, 11) is -1.32. The van der Waals surface area contributed by atoms with Crippen molar-refractivity contribution in [1.82, 2.24) is 0 Å². The van der Waals surface area contributed by atoms with E-state index in [1.807, 2.05) is 25.1 Å². The Morgan fingerprint density at radius 1 is 1.21 bits per heavy atom. The average Bonchev–Trinajstić information content (AvgIpc) is 2.41. The van der Waals surface area contributed by atoms with Gasteiger partial charge in [0.15, 0.2) is 0 Å². The maximum atomic E-state index is 13.9. The van der Waals surface area contributed by atoms with E-state index >= 15 is 0 Å². The molecule has 19 heavy (non-hydrogen) atoms. The van der Waals surface area contributed by atoms with E-state index in [4.69, 9.17) is 5.26 Å². The lowest BCUT2D eigenvalue weighted by Crippen LogP contribution is -2.02. The highest BCUT2D eigenvalue weighted by Crippen LogP contribution is 2.19. The molecule has 0 radical (unpaired) electrons. The number of benzene rings is 2. The molecule has 0 aliphatic carbocycles. The normalized spacial score (nSPS) is 11.8. The number of hydrogen-bond acceptors (Lipinski definition) is 2. The van der Waals surface area contributed by atoms with E-state index in [0.29, 0.717) is 10.5 Å². The van der Waals surface area contributed by atoms with Crippen LogP contribution in [0.4, 0.5) is 4.39 Å². The number of nitriles is 1. The molecule has 0 spiro atoms. The maximum Gasteiger partial charge on any atom is 0.145 e. The summed E-state index contributed by atoms with van der Waals surface area (Å²) >= 11 is 0. The van der Waals surface area contributed by atoms with Gasteiger partial charge in [-0.15, -0.1) is 0 Å². The van der Waals surface area contributed by atoms with Crippen molar-refractivity contribution < 1.29 is 8.60 Å². The van der Waals surface area contributed by atoms with Crippen LogP contribution in [-0.4, -0.2) is 4.21 Å². The van der Waals surface area contributed by atoms with Crippen LogP contribution in [0, 0.1) is 24.1 Å². The molecule has 0 saturated carbocycles. The molecular formula is C15H12FNOS. The Hall–Kier alpha value is -1.99. The molecule has 4 heteroatoms. The zero-order valence-corrected chi connectivity index (χ0v) is 11.2. The minimum atomic E-state index is -1.32. The molecule has 2 rings (SSSR count). The number of rotatable bonds is 3. The summed E-state index contributed by atoms with van der Waals surface area (Å²) < 4.78 is 26.1. The molecule has 0 heterocycles. The predicted octanol–water partition coefficient (Wildman–Crippen LogP) is 3.31. The summed E-state index contributed by atoms with van der Waals surface area (Å²) in [6, 6.07) is 13.7. The van der Waals surface area contributed by atoms with Crippen molar-refractivity contribution >= 4 is 10.8 Å². The number of aryl methyl sites for hydroxylation is 1. The van der Waals surface area contributed by atoms with Crippen LogP contribution in [-0.2, 0) is 16.6 Å². The fourth-order valence-electron chi connectivity index (χ4n) is 1.81. The molecule has 0 aliphatic rings. The molecule has 96 valence electrons. The Labute approximate surface area is 114 Å². The number of hydrogen-bond donors (Lipinski definition) is 0. The molecule has 2 nitrogen and oxygen atoms in total. The van der Waals surface area contributed by atoms with Crippen molar-refractivity contribution in [3.05, 3.63) is 65.0 Å². The smallest absolute Gasteiger partial charge is 0.145 e. The second kappa shape index (κ2) is 5.77. The molecule has 0 N–H and O–H groups in total. The molecule has 0 aromatic heterocycles. The van der Waals surface area contributed by atoms with Crippen molar-refractivity contribution in [2.45, 2.75) is 17.6 Å². The van der Waals surface area contributed by atoms with Crippen LogP contribution in [0.15, 0.2) is 47.4 Å². The van der Waals surface area contributed by atoms with E-state index in [-0.39, 0.29) is 11.3 Å². The molecule has 1 unspecified atom stereocenters. The molecule has 0 aliphatic heterocycles. The van der Waals surface area contributed by atoms with Gasteiger partial charge in [0.05, 0.1) is 22.1 Å². The van der Waals surface area contributed by atoms with E-state index in [2.05, 4.69) is 0 Å². The van der Waals surface area contributed by atoms with Crippen molar-refractivity contribution in [2.75, 3.05) is 0 Å². The minimum absolute atomic E-state index is 0.0146. The number of nitrogens with zero attached hydrogens (tertiary/aromatic N) is 1. The van der Waals surface area contributed by atoms with Crippen molar-refractivity contribution in [3.63, 3.8) is 0 Å². The average molecular weight is 273 g/mol. The van der Waals surface area contributed by atoms with E-state index < -0.39 is 16.6 Å². The Bertz CT molecular complexity index is 676. The van der Waals surface area contributed by atoms with E-state index in [1.165, 1.54) is 6.07 Å². The third kappa shape index (κ3) is 2.88. The second-order valence-electron chi connectivity index (χ2n) is 4.15. The van der Waals surface area contributed by atoms with Crippen LogP contribution in [0.3, 0.4) is 0 Å². The molecular weight excluding hydrogens is 261 g/mol. The van der Waals surface area contributed by atoms with Gasteiger partial charge in [-0.1, -0.05) is 30.3 Å². The van der Waals surface area contributed by atoms with Crippen molar-refractivity contribution in [3.8, 4) is 6.07 Å². The lowest BCUT2D eigenvalue weighted by molar-refractivity contribution is 0.611. The van der Waals surface area contributed by atoms with Crippen molar-refractivity contribution in [2.24, 2.45) is 0 Å². The Kier molecular flexibility index (Phi) is 4.08. The molecule has 0 amide bonds. The molecule has 0 bridgehead atoms. The van der Waals surface area contributed by atoms with Gasteiger partial charge in [-0.2, -0.15) is 5.26 Å². The highest BCUT2D eigenvalue weighted by Gasteiger charge is 2.13. The van der Waals surface area contributed by atoms with Gasteiger partial charge in [0.2, 0.25) is 0 Å². The SMILES string of the molecule is Cc1ccccc1S(=O)Cc1cccc(C#N)c1F. The lowest BCUT2D eigenvalue weighted by atomic mass is 10.1. The summed E-state index contributed by atoms with van der Waals surface area (Å²) in [4.78, 5) is 0.698. The zero-order chi connectivity index (χ0) is 13.8.